The predicted molar refractivity (Wildman–Crippen MR) is 83.4 cm³/mol. The Labute approximate surface area is 124 Å². The maximum atomic E-state index is 9.03. The third-order valence-electron chi connectivity index (χ3n) is 5.26. The lowest BCUT2D eigenvalue weighted by Crippen LogP contribution is -2.52. The third kappa shape index (κ3) is 4.20. The fraction of sp³-hybridized carbons (Fsp3) is 0.941. The maximum Gasteiger partial charge on any atom is 0.0683 e. The molecule has 3 nitrogen and oxygen atoms in total. The van der Waals surface area contributed by atoms with Gasteiger partial charge in [-0.15, -0.1) is 0 Å². The Morgan fingerprint density at radius 3 is 2.75 bits per heavy atom. The van der Waals surface area contributed by atoms with Crippen LogP contribution in [0.4, 0.5) is 0 Å². The number of rotatable bonds is 5. The highest BCUT2D eigenvalue weighted by Gasteiger charge is 2.33. The van der Waals surface area contributed by atoms with E-state index in [0.717, 1.165) is 18.4 Å². The number of nitriles is 1. The largest absolute Gasteiger partial charge is 0.303 e. The van der Waals surface area contributed by atoms with Crippen LogP contribution in [0, 0.1) is 22.7 Å². The average molecular weight is 277 g/mol. The predicted octanol–water partition coefficient (Wildman–Crippen LogP) is 3.12. The molecule has 3 heteroatoms. The highest BCUT2D eigenvalue weighted by atomic mass is 15.2. The molecule has 0 amide bonds. The number of fused-ring (bicyclic) bond motifs is 1. The first-order chi connectivity index (χ1) is 9.52. The summed E-state index contributed by atoms with van der Waals surface area (Å²) in [5, 5.41) is 9.03. The van der Waals surface area contributed by atoms with Gasteiger partial charge >= 0.3 is 0 Å². The van der Waals surface area contributed by atoms with Gasteiger partial charge in [0.15, 0.2) is 0 Å². The van der Waals surface area contributed by atoms with Crippen molar-refractivity contribution >= 4 is 0 Å². The number of hydrogen-bond acceptors (Lipinski definition) is 3. The molecular weight excluding hydrogens is 246 g/mol. The van der Waals surface area contributed by atoms with E-state index in [2.05, 4.69) is 36.8 Å². The molecule has 2 unspecified atom stereocenters. The molecule has 2 aliphatic rings. The van der Waals surface area contributed by atoms with Gasteiger partial charge in [0.25, 0.3) is 0 Å². The van der Waals surface area contributed by atoms with E-state index in [9.17, 15) is 0 Å². The first kappa shape index (κ1) is 15.8. The van der Waals surface area contributed by atoms with Crippen molar-refractivity contribution in [2.24, 2.45) is 11.3 Å². The van der Waals surface area contributed by atoms with Crippen molar-refractivity contribution in [2.45, 2.75) is 58.4 Å². The first-order valence-electron chi connectivity index (χ1n) is 8.36. The third-order valence-corrected chi connectivity index (χ3v) is 5.26. The molecule has 0 aromatic heterocycles. The van der Waals surface area contributed by atoms with Crippen molar-refractivity contribution in [1.29, 1.82) is 5.26 Å². The van der Waals surface area contributed by atoms with E-state index in [1.165, 1.54) is 58.3 Å². The van der Waals surface area contributed by atoms with Gasteiger partial charge in [0.2, 0.25) is 0 Å². The fourth-order valence-electron chi connectivity index (χ4n) is 3.89. The molecule has 0 N–H and O–H groups in total. The second-order valence-corrected chi connectivity index (χ2v) is 7.49. The highest BCUT2D eigenvalue weighted by Crippen LogP contribution is 2.30. The molecule has 20 heavy (non-hydrogen) atoms. The Morgan fingerprint density at radius 1 is 1.20 bits per heavy atom. The van der Waals surface area contributed by atoms with Gasteiger partial charge in [-0.3, -0.25) is 0 Å². The van der Waals surface area contributed by atoms with Gasteiger partial charge in [-0.2, -0.15) is 5.26 Å². The Balaban J connectivity index is 1.67. The van der Waals surface area contributed by atoms with Gasteiger partial charge in [-0.25, -0.2) is 0 Å². The van der Waals surface area contributed by atoms with E-state index < -0.39 is 0 Å². The summed E-state index contributed by atoms with van der Waals surface area (Å²) in [6, 6.07) is 3.25. The van der Waals surface area contributed by atoms with E-state index >= 15 is 0 Å². The van der Waals surface area contributed by atoms with Crippen LogP contribution < -0.4 is 0 Å². The summed E-state index contributed by atoms with van der Waals surface area (Å²) in [7, 11) is 2.30. The number of unbranched alkanes of at least 4 members (excludes halogenated alkanes) is 1. The van der Waals surface area contributed by atoms with E-state index in [1.54, 1.807) is 0 Å². The molecule has 0 aromatic carbocycles. The SMILES string of the molecule is CN1CCCC2CN(CCCCC(C)(C)C#N)CCC21. The molecule has 2 atom stereocenters. The lowest BCUT2D eigenvalue weighted by molar-refractivity contribution is 0.0378. The summed E-state index contributed by atoms with van der Waals surface area (Å²) < 4.78 is 0. The second kappa shape index (κ2) is 6.91. The standard InChI is InChI=1S/C17H31N3/c1-17(2,14-18)9-4-5-11-20-12-8-16-15(13-20)7-6-10-19(16)3/h15-16H,4-13H2,1-3H3. The van der Waals surface area contributed by atoms with Crippen LogP contribution in [0.3, 0.4) is 0 Å². The van der Waals surface area contributed by atoms with Crippen molar-refractivity contribution in [2.75, 3.05) is 33.2 Å². The quantitative estimate of drug-likeness (QED) is 0.723. The molecule has 0 spiro atoms. The van der Waals surface area contributed by atoms with Crippen molar-refractivity contribution in [3.8, 4) is 6.07 Å². The molecule has 0 radical (unpaired) electrons. The van der Waals surface area contributed by atoms with Crippen LogP contribution in [-0.2, 0) is 0 Å². The molecular formula is C17H31N3. The highest BCUT2D eigenvalue weighted by molar-refractivity contribution is 4.92. The molecule has 2 saturated heterocycles. The summed E-state index contributed by atoms with van der Waals surface area (Å²) in [5.74, 6) is 0.901. The molecule has 0 aromatic rings. The summed E-state index contributed by atoms with van der Waals surface area (Å²) in [6.45, 7) is 9.20. The molecule has 2 rings (SSSR count). The monoisotopic (exact) mass is 277 g/mol. The number of likely N-dealkylation sites (tertiary alicyclic amines) is 2. The molecule has 114 valence electrons. The van der Waals surface area contributed by atoms with Gasteiger partial charge < -0.3 is 9.80 Å². The van der Waals surface area contributed by atoms with Gasteiger partial charge in [0.05, 0.1) is 11.5 Å². The van der Waals surface area contributed by atoms with Crippen LogP contribution >= 0.6 is 0 Å². The van der Waals surface area contributed by atoms with Gasteiger partial charge in [-0.05, 0) is 78.6 Å². The van der Waals surface area contributed by atoms with E-state index in [4.69, 9.17) is 5.26 Å². The lowest BCUT2D eigenvalue weighted by Gasteiger charge is -2.46. The molecule has 2 heterocycles. The zero-order valence-electron chi connectivity index (χ0n) is 13.6. The first-order valence-corrected chi connectivity index (χ1v) is 8.36. The molecule has 0 saturated carbocycles. The zero-order valence-corrected chi connectivity index (χ0v) is 13.6. The number of nitrogens with zero attached hydrogens (tertiary/aromatic N) is 3. The Bertz CT molecular complexity index is 345. The molecule has 0 aliphatic carbocycles. The topological polar surface area (TPSA) is 30.3 Å². The minimum atomic E-state index is -0.140. The van der Waals surface area contributed by atoms with Crippen LogP contribution in [0.2, 0.25) is 0 Å². The summed E-state index contributed by atoms with van der Waals surface area (Å²) in [5.41, 5.74) is -0.140. The Morgan fingerprint density at radius 2 is 2.00 bits per heavy atom. The van der Waals surface area contributed by atoms with Gasteiger partial charge in [0.1, 0.15) is 0 Å². The van der Waals surface area contributed by atoms with Crippen LogP contribution in [0.1, 0.15) is 52.4 Å². The fourth-order valence-corrected chi connectivity index (χ4v) is 3.89. The lowest BCUT2D eigenvalue weighted by atomic mass is 9.84. The maximum absolute atomic E-state index is 9.03. The van der Waals surface area contributed by atoms with Crippen molar-refractivity contribution in [1.82, 2.24) is 9.80 Å². The minimum Gasteiger partial charge on any atom is -0.303 e. The van der Waals surface area contributed by atoms with Crippen molar-refractivity contribution in [3.05, 3.63) is 0 Å². The van der Waals surface area contributed by atoms with Crippen molar-refractivity contribution in [3.63, 3.8) is 0 Å². The normalized spacial score (nSPS) is 28.9. The summed E-state index contributed by atoms with van der Waals surface area (Å²) in [4.78, 5) is 5.25. The summed E-state index contributed by atoms with van der Waals surface area (Å²) >= 11 is 0. The van der Waals surface area contributed by atoms with E-state index in [0.29, 0.717) is 0 Å². The molecule has 2 aliphatic heterocycles. The van der Waals surface area contributed by atoms with Crippen LogP contribution in [-0.4, -0.2) is 49.1 Å². The van der Waals surface area contributed by atoms with Crippen molar-refractivity contribution < 1.29 is 0 Å². The minimum absolute atomic E-state index is 0.140. The van der Waals surface area contributed by atoms with Gasteiger partial charge in [-0.1, -0.05) is 6.42 Å². The molecule has 0 bridgehead atoms. The summed E-state index contributed by atoms with van der Waals surface area (Å²) in [6.07, 6.45) is 7.62. The smallest absolute Gasteiger partial charge is 0.0683 e. The Hall–Kier alpha value is -0.590. The zero-order chi connectivity index (χ0) is 14.6. The van der Waals surface area contributed by atoms with E-state index in [1.807, 2.05) is 0 Å². The van der Waals surface area contributed by atoms with Crippen LogP contribution in [0.15, 0.2) is 0 Å². The number of piperidine rings is 2. The van der Waals surface area contributed by atoms with E-state index in [-0.39, 0.29) is 5.41 Å². The van der Waals surface area contributed by atoms with Gasteiger partial charge in [0, 0.05) is 12.6 Å². The Kier molecular flexibility index (Phi) is 5.46. The second-order valence-electron chi connectivity index (χ2n) is 7.49. The molecule has 2 fully saturated rings. The van der Waals surface area contributed by atoms with Crippen LogP contribution in [0.5, 0.6) is 0 Å². The average Bonchev–Trinajstić information content (AvgIpc) is 2.44. The number of hydrogen-bond donors (Lipinski definition) is 0. The van der Waals surface area contributed by atoms with Crippen LogP contribution in [0.25, 0.3) is 0 Å².